The van der Waals surface area contributed by atoms with Gasteiger partial charge in [-0.25, -0.2) is 15.0 Å². The van der Waals surface area contributed by atoms with E-state index < -0.39 is 0 Å². The third kappa shape index (κ3) is 5.62. The van der Waals surface area contributed by atoms with Gasteiger partial charge < -0.3 is 13.4 Å². The molecule has 6 heteroatoms. The zero-order valence-corrected chi connectivity index (χ0v) is 33.7. The average Bonchev–Trinajstić information content (AvgIpc) is 4.04. The second-order valence-corrected chi connectivity index (χ2v) is 15.9. The molecular formula is C57H34N4O2. The van der Waals surface area contributed by atoms with Gasteiger partial charge in [0.05, 0.1) is 16.6 Å². The summed E-state index contributed by atoms with van der Waals surface area (Å²) in [5.74, 6) is 1.62. The molecule has 0 aliphatic carbocycles. The van der Waals surface area contributed by atoms with E-state index in [0.29, 0.717) is 17.5 Å². The molecule has 6 nitrogen and oxygen atoms in total. The third-order valence-electron chi connectivity index (χ3n) is 12.3. The minimum atomic E-state index is 0.523. The Balaban J connectivity index is 1.06. The minimum absolute atomic E-state index is 0.523. The van der Waals surface area contributed by atoms with Crippen LogP contribution in [0.3, 0.4) is 0 Å². The molecule has 0 N–H and O–H groups in total. The lowest BCUT2D eigenvalue weighted by molar-refractivity contribution is 0.669. The Hall–Kier alpha value is -8.61. The Morgan fingerprint density at radius 1 is 0.302 bits per heavy atom. The Labute approximate surface area is 361 Å². The molecule has 0 atom stereocenters. The van der Waals surface area contributed by atoms with Crippen LogP contribution in [0, 0.1) is 0 Å². The Morgan fingerprint density at radius 2 is 0.778 bits per heavy atom. The molecule has 294 valence electrons. The van der Waals surface area contributed by atoms with Crippen molar-refractivity contribution in [2.45, 2.75) is 0 Å². The van der Waals surface area contributed by atoms with Crippen LogP contribution in [-0.4, -0.2) is 19.5 Å². The van der Waals surface area contributed by atoms with Crippen LogP contribution in [0.2, 0.25) is 0 Å². The van der Waals surface area contributed by atoms with Gasteiger partial charge in [-0.15, -0.1) is 0 Å². The molecule has 13 aromatic rings. The van der Waals surface area contributed by atoms with E-state index in [1.54, 1.807) is 0 Å². The van der Waals surface area contributed by atoms with Gasteiger partial charge in [0.25, 0.3) is 0 Å². The van der Waals surface area contributed by atoms with Crippen molar-refractivity contribution in [2.75, 3.05) is 0 Å². The highest BCUT2D eigenvalue weighted by atomic mass is 16.3. The second-order valence-electron chi connectivity index (χ2n) is 15.9. The minimum Gasteiger partial charge on any atom is -0.455 e. The first-order valence-electron chi connectivity index (χ1n) is 21.1. The topological polar surface area (TPSA) is 69.9 Å². The number of hydrogen-bond acceptors (Lipinski definition) is 5. The Bertz CT molecular complexity index is 3860. The van der Waals surface area contributed by atoms with Crippen molar-refractivity contribution < 1.29 is 8.83 Å². The lowest BCUT2D eigenvalue weighted by atomic mass is 9.96. The number of fused-ring (bicyclic) bond motifs is 9. The molecule has 13 rings (SSSR count). The lowest BCUT2D eigenvalue weighted by Crippen LogP contribution is -2.01. The van der Waals surface area contributed by atoms with Crippen molar-refractivity contribution in [3.8, 4) is 62.1 Å². The van der Waals surface area contributed by atoms with E-state index >= 15 is 0 Å². The lowest BCUT2D eigenvalue weighted by Gasteiger charge is -2.15. The Kier molecular flexibility index (Phi) is 7.80. The van der Waals surface area contributed by atoms with E-state index in [9.17, 15) is 0 Å². The van der Waals surface area contributed by atoms with Crippen LogP contribution in [0.15, 0.2) is 215 Å². The predicted octanol–water partition coefficient (Wildman–Crippen LogP) is 15.1. The Morgan fingerprint density at radius 3 is 1.48 bits per heavy atom. The van der Waals surface area contributed by atoms with Crippen molar-refractivity contribution in [1.82, 2.24) is 19.5 Å². The van der Waals surface area contributed by atoms with E-state index in [1.165, 1.54) is 10.8 Å². The van der Waals surface area contributed by atoms with Crippen LogP contribution in [0.5, 0.6) is 0 Å². The first kappa shape index (κ1) is 35.2. The summed E-state index contributed by atoms with van der Waals surface area (Å²) in [6.07, 6.45) is 0. The van der Waals surface area contributed by atoms with Gasteiger partial charge in [0.15, 0.2) is 17.5 Å². The normalized spacial score (nSPS) is 11.8. The van der Waals surface area contributed by atoms with E-state index in [4.69, 9.17) is 23.8 Å². The van der Waals surface area contributed by atoms with Crippen molar-refractivity contribution >= 4 is 65.7 Å². The van der Waals surface area contributed by atoms with Crippen LogP contribution < -0.4 is 0 Å². The largest absolute Gasteiger partial charge is 0.455 e. The molecule has 0 fully saturated rings. The van der Waals surface area contributed by atoms with Gasteiger partial charge in [-0.1, -0.05) is 164 Å². The van der Waals surface area contributed by atoms with Crippen molar-refractivity contribution in [3.05, 3.63) is 206 Å². The smallest absolute Gasteiger partial charge is 0.167 e. The molecule has 0 saturated heterocycles. The van der Waals surface area contributed by atoms with E-state index in [-0.39, 0.29) is 0 Å². The summed E-state index contributed by atoms with van der Waals surface area (Å²) < 4.78 is 15.7. The highest BCUT2D eigenvalue weighted by Gasteiger charge is 2.23. The first-order chi connectivity index (χ1) is 31.2. The number of aromatic nitrogens is 4. The molecule has 0 aliphatic rings. The first-order valence-corrected chi connectivity index (χ1v) is 21.1. The molecular weight excluding hydrogens is 773 g/mol. The third-order valence-corrected chi connectivity index (χ3v) is 12.3. The number of rotatable bonds is 6. The number of hydrogen-bond donors (Lipinski definition) is 0. The van der Waals surface area contributed by atoms with Crippen molar-refractivity contribution in [2.24, 2.45) is 0 Å². The maximum atomic E-state index is 6.81. The highest BCUT2D eigenvalue weighted by molar-refractivity contribution is 6.14. The summed E-state index contributed by atoms with van der Waals surface area (Å²) >= 11 is 0. The summed E-state index contributed by atoms with van der Waals surface area (Å²) in [5.41, 5.74) is 13.1. The number of furan rings is 2. The average molecular weight is 807 g/mol. The standard InChI is InChI=1S/C57H34N4O2/c1-2-15-35(16-3-1)36-29-31-37(32-30-36)55-58-56(60-57(59-55)46-24-14-23-44-42-20-8-12-27-51(42)62-53(44)46)45-22-5-4-17-39(45)47-33-38(34-48-43-21-9-13-28-52(43)63-54(47)48)61-49-25-10-6-18-40(49)41-19-7-11-26-50(41)61/h1-34H. The van der Waals surface area contributed by atoms with Crippen molar-refractivity contribution in [3.63, 3.8) is 0 Å². The van der Waals surface area contributed by atoms with Gasteiger partial charge >= 0.3 is 0 Å². The van der Waals surface area contributed by atoms with Gasteiger partial charge in [-0.3, -0.25) is 0 Å². The zero-order chi connectivity index (χ0) is 41.4. The monoisotopic (exact) mass is 806 g/mol. The van der Waals surface area contributed by atoms with Gasteiger partial charge in [0.2, 0.25) is 0 Å². The maximum absolute atomic E-state index is 6.81. The molecule has 63 heavy (non-hydrogen) atoms. The molecule has 0 bridgehead atoms. The SMILES string of the molecule is c1ccc(-c2ccc(-c3nc(-c4ccccc4-c4cc(-n5c6ccccc6c6ccccc65)cc5c4oc4ccccc45)nc(-c4cccc5c4oc4ccccc45)n3)cc2)cc1. The zero-order valence-electron chi connectivity index (χ0n) is 33.7. The molecule has 0 amide bonds. The second kappa shape index (κ2) is 14.0. The van der Waals surface area contributed by atoms with Gasteiger partial charge in [0, 0.05) is 54.7 Å². The summed E-state index contributed by atoms with van der Waals surface area (Å²) in [6.45, 7) is 0. The van der Waals surface area contributed by atoms with Crippen molar-refractivity contribution in [1.29, 1.82) is 0 Å². The van der Waals surface area contributed by atoms with Crippen LogP contribution in [0.4, 0.5) is 0 Å². The molecule has 0 saturated carbocycles. The molecule has 9 aromatic carbocycles. The summed E-state index contributed by atoms with van der Waals surface area (Å²) in [7, 11) is 0. The molecule has 0 unspecified atom stereocenters. The van der Waals surface area contributed by atoms with E-state index in [1.807, 2.05) is 54.6 Å². The van der Waals surface area contributed by atoms with Crippen LogP contribution >= 0.6 is 0 Å². The molecule has 0 aliphatic heterocycles. The summed E-state index contributed by atoms with van der Waals surface area (Å²) in [6, 6.07) is 71.5. The summed E-state index contributed by atoms with van der Waals surface area (Å²) in [4.78, 5) is 15.8. The van der Waals surface area contributed by atoms with E-state index in [0.717, 1.165) is 99.5 Å². The molecule has 4 aromatic heterocycles. The fourth-order valence-corrected chi connectivity index (χ4v) is 9.37. The van der Waals surface area contributed by atoms with E-state index in [2.05, 4.69) is 156 Å². The molecule has 4 heterocycles. The van der Waals surface area contributed by atoms with Crippen LogP contribution in [0.25, 0.3) is 128 Å². The fraction of sp³-hybridized carbons (Fsp3) is 0. The quantitative estimate of drug-likeness (QED) is 0.167. The number of benzene rings is 9. The van der Waals surface area contributed by atoms with Gasteiger partial charge in [-0.2, -0.15) is 0 Å². The van der Waals surface area contributed by atoms with Gasteiger partial charge in [-0.05, 0) is 59.2 Å². The predicted molar refractivity (Wildman–Crippen MR) is 256 cm³/mol. The van der Waals surface area contributed by atoms with Crippen LogP contribution in [-0.2, 0) is 0 Å². The number of para-hydroxylation sites is 5. The fourth-order valence-electron chi connectivity index (χ4n) is 9.37. The molecule has 0 radical (unpaired) electrons. The van der Waals surface area contributed by atoms with Crippen LogP contribution in [0.1, 0.15) is 0 Å². The summed E-state index contributed by atoms with van der Waals surface area (Å²) in [5, 5.41) is 6.54. The molecule has 0 spiro atoms. The maximum Gasteiger partial charge on any atom is 0.167 e. The highest BCUT2D eigenvalue weighted by Crippen LogP contribution is 2.43. The number of nitrogens with zero attached hydrogens (tertiary/aromatic N) is 4. The van der Waals surface area contributed by atoms with Gasteiger partial charge in [0.1, 0.15) is 22.3 Å².